The third kappa shape index (κ3) is 4.11. The third-order valence-electron chi connectivity index (χ3n) is 4.26. The van der Waals surface area contributed by atoms with Gasteiger partial charge >= 0.3 is 0 Å². The van der Waals surface area contributed by atoms with Crippen LogP contribution in [0.15, 0.2) is 59.0 Å². The van der Waals surface area contributed by atoms with E-state index in [-0.39, 0.29) is 5.89 Å². The lowest BCUT2D eigenvalue weighted by molar-refractivity contribution is 0.183. The molecule has 3 rings (SSSR count). The van der Waals surface area contributed by atoms with Gasteiger partial charge in [0.2, 0.25) is 11.8 Å². The van der Waals surface area contributed by atoms with Crippen LogP contribution < -0.4 is 4.90 Å². The lowest BCUT2D eigenvalue weighted by atomic mass is 10.1. The summed E-state index contributed by atoms with van der Waals surface area (Å²) >= 11 is 0. The average molecular weight is 351 g/mol. The second-order valence-electron chi connectivity index (χ2n) is 6.29. The monoisotopic (exact) mass is 351 g/mol. The van der Waals surface area contributed by atoms with Crippen molar-refractivity contribution in [3.63, 3.8) is 0 Å². The molecule has 3 aromatic rings. The predicted molar refractivity (Wildman–Crippen MR) is 103 cm³/mol. The average Bonchev–Trinajstić information content (AvgIpc) is 3.18. The zero-order valence-corrected chi connectivity index (χ0v) is 15.3. The van der Waals surface area contributed by atoms with Crippen molar-refractivity contribution in [2.45, 2.75) is 32.8 Å². The Morgan fingerprint density at radius 3 is 2.19 bits per heavy atom. The van der Waals surface area contributed by atoms with Crippen molar-refractivity contribution in [1.29, 1.82) is 0 Å². The van der Waals surface area contributed by atoms with Gasteiger partial charge in [0.25, 0.3) is 0 Å². The maximum atomic E-state index is 10.6. The van der Waals surface area contributed by atoms with E-state index < -0.39 is 6.10 Å². The first-order valence-corrected chi connectivity index (χ1v) is 9.14. The Hall–Kier alpha value is -2.66. The van der Waals surface area contributed by atoms with Gasteiger partial charge in [-0.05, 0) is 42.7 Å². The van der Waals surface area contributed by atoms with E-state index in [0.717, 1.165) is 37.1 Å². The molecule has 0 aliphatic carbocycles. The second kappa shape index (κ2) is 8.63. The number of hydrogen-bond donors (Lipinski definition) is 1. The Morgan fingerprint density at radius 1 is 0.923 bits per heavy atom. The highest BCUT2D eigenvalue weighted by atomic mass is 16.4. The topological polar surface area (TPSA) is 62.4 Å². The summed E-state index contributed by atoms with van der Waals surface area (Å²) in [6.45, 7) is 6.42. The van der Waals surface area contributed by atoms with Crippen molar-refractivity contribution in [3.05, 3.63) is 66.1 Å². The van der Waals surface area contributed by atoms with Gasteiger partial charge in [0.15, 0.2) is 6.10 Å². The molecule has 0 aliphatic rings. The molecule has 0 bridgehead atoms. The first kappa shape index (κ1) is 18.1. The Labute approximate surface area is 154 Å². The van der Waals surface area contributed by atoms with Gasteiger partial charge in [0.05, 0.1) is 0 Å². The molecular weight excluding hydrogens is 326 g/mol. The number of aromatic nitrogens is 2. The molecule has 1 aromatic heterocycles. The zero-order chi connectivity index (χ0) is 18.4. The molecule has 1 N–H and O–H groups in total. The van der Waals surface area contributed by atoms with Crippen LogP contribution in [0.4, 0.5) is 5.69 Å². The molecule has 0 radical (unpaired) electrons. The summed E-state index contributed by atoms with van der Waals surface area (Å²) < 4.78 is 5.66. The summed E-state index contributed by atoms with van der Waals surface area (Å²) in [6, 6.07) is 17.5. The van der Waals surface area contributed by atoms with Gasteiger partial charge in [-0.25, -0.2) is 0 Å². The van der Waals surface area contributed by atoms with Gasteiger partial charge in [-0.15, -0.1) is 10.2 Å². The maximum Gasteiger partial charge on any atom is 0.249 e. The van der Waals surface area contributed by atoms with E-state index in [9.17, 15) is 5.11 Å². The molecule has 0 aliphatic heterocycles. The van der Waals surface area contributed by atoms with E-state index in [0.29, 0.717) is 5.89 Å². The fourth-order valence-electron chi connectivity index (χ4n) is 2.96. The van der Waals surface area contributed by atoms with Crippen LogP contribution in [0.5, 0.6) is 0 Å². The molecule has 2 aromatic carbocycles. The van der Waals surface area contributed by atoms with Crippen LogP contribution in [0.1, 0.15) is 44.2 Å². The molecule has 26 heavy (non-hydrogen) atoms. The molecule has 0 unspecified atom stereocenters. The normalized spacial score (nSPS) is 12.1. The first-order chi connectivity index (χ1) is 12.7. The summed E-state index contributed by atoms with van der Waals surface area (Å²) in [6.07, 6.45) is 1.28. The van der Waals surface area contributed by atoms with Crippen molar-refractivity contribution in [2.75, 3.05) is 18.0 Å². The molecule has 1 atom stereocenters. The second-order valence-corrected chi connectivity index (χ2v) is 6.29. The van der Waals surface area contributed by atoms with E-state index >= 15 is 0 Å². The lowest BCUT2D eigenvalue weighted by Gasteiger charge is -2.24. The zero-order valence-electron chi connectivity index (χ0n) is 15.3. The number of anilines is 1. The van der Waals surface area contributed by atoms with Crippen LogP contribution in [0.3, 0.4) is 0 Å². The van der Waals surface area contributed by atoms with E-state index in [1.807, 2.05) is 54.6 Å². The first-order valence-electron chi connectivity index (χ1n) is 9.14. The third-order valence-corrected chi connectivity index (χ3v) is 4.26. The summed E-state index contributed by atoms with van der Waals surface area (Å²) in [5.74, 6) is 0.615. The van der Waals surface area contributed by atoms with Crippen molar-refractivity contribution < 1.29 is 9.52 Å². The molecule has 0 saturated heterocycles. The molecule has 1 heterocycles. The Balaban J connectivity index is 1.76. The quantitative estimate of drug-likeness (QED) is 0.650. The number of rotatable bonds is 8. The molecule has 5 heteroatoms. The van der Waals surface area contributed by atoms with E-state index in [4.69, 9.17) is 4.42 Å². The largest absolute Gasteiger partial charge is 0.417 e. The summed E-state index contributed by atoms with van der Waals surface area (Å²) in [4.78, 5) is 2.36. The Bertz CT molecular complexity index is 794. The fourth-order valence-corrected chi connectivity index (χ4v) is 2.96. The molecule has 0 spiro atoms. The van der Waals surface area contributed by atoms with E-state index in [2.05, 4.69) is 28.9 Å². The minimum absolute atomic E-state index is 0.204. The molecule has 0 fully saturated rings. The standard InChI is InChI=1S/C21H25N3O2/c1-3-14-24(15-4-2)18-12-10-16(11-13-18)19(25)21-23-22-20(26-21)17-8-6-5-7-9-17/h5-13,19,25H,3-4,14-15H2,1-2H3/t19-/m0/s1. The van der Waals surface area contributed by atoms with Gasteiger partial charge in [-0.1, -0.05) is 44.2 Å². The van der Waals surface area contributed by atoms with Crippen molar-refractivity contribution >= 4 is 5.69 Å². The summed E-state index contributed by atoms with van der Waals surface area (Å²) in [7, 11) is 0. The lowest BCUT2D eigenvalue weighted by Crippen LogP contribution is -2.24. The number of nitrogens with zero attached hydrogens (tertiary/aromatic N) is 3. The van der Waals surface area contributed by atoms with Gasteiger partial charge in [0.1, 0.15) is 0 Å². The number of aliphatic hydroxyl groups is 1. The van der Waals surface area contributed by atoms with E-state index in [1.54, 1.807) is 0 Å². The maximum absolute atomic E-state index is 10.6. The highest BCUT2D eigenvalue weighted by molar-refractivity contribution is 5.52. The summed E-state index contributed by atoms with van der Waals surface area (Å²) in [5, 5.41) is 18.6. The van der Waals surface area contributed by atoms with Crippen molar-refractivity contribution in [3.8, 4) is 11.5 Å². The van der Waals surface area contributed by atoms with Crippen LogP contribution >= 0.6 is 0 Å². The van der Waals surface area contributed by atoms with Crippen molar-refractivity contribution in [2.24, 2.45) is 0 Å². The van der Waals surface area contributed by atoms with Gasteiger partial charge in [0, 0.05) is 24.3 Å². The van der Waals surface area contributed by atoms with Gasteiger partial charge in [-0.3, -0.25) is 0 Å². The number of aliphatic hydroxyl groups excluding tert-OH is 1. The number of hydrogen-bond acceptors (Lipinski definition) is 5. The van der Waals surface area contributed by atoms with E-state index in [1.165, 1.54) is 5.69 Å². The highest BCUT2D eigenvalue weighted by Crippen LogP contribution is 2.26. The van der Waals surface area contributed by atoms with Crippen LogP contribution in [-0.2, 0) is 0 Å². The van der Waals surface area contributed by atoms with Crippen LogP contribution in [0, 0.1) is 0 Å². The van der Waals surface area contributed by atoms with Crippen LogP contribution in [-0.4, -0.2) is 28.4 Å². The summed E-state index contributed by atoms with van der Waals surface area (Å²) in [5.41, 5.74) is 2.74. The molecular formula is C21H25N3O2. The predicted octanol–water partition coefficient (Wildman–Crippen LogP) is 4.44. The van der Waals surface area contributed by atoms with Crippen LogP contribution in [0.25, 0.3) is 11.5 Å². The minimum Gasteiger partial charge on any atom is -0.417 e. The SMILES string of the molecule is CCCN(CCC)c1ccc([C@H](O)c2nnc(-c3ccccc3)o2)cc1. The Kier molecular flexibility index (Phi) is 6.02. The molecule has 5 nitrogen and oxygen atoms in total. The fraction of sp³-hybridized carbons (Fsp3) is 0.333. The van der Waals surface area contributed by atoms with Crippen molar-refractivity contribution in [1.82, 2.24) is 10.2 Å². The molecule has 136 valence electrons. The van der Waals surface area contributed by atoms with Gasteiger partial charge in [-0.2, -0.15) is 0 Å². The molecule has 0 amide bonds. The smallest absolute Gasteiger partial charge is 0.249 e. The van der Waals surface area contributed by atoms with Gasteiger partial charge < -0.3 is 14.4 Å². The molecule has 0 saturated carbocycles. The Morgan fingerprint density at radius 2 is 1.58 bits per heavy atom. The van der Waals surface area contributed by atoms with Crippen LogP contribution in [0.2, 0.25) is 0 Å². The minimum atomic E-state index is -0.931. The highest BCUT2D eigenvalue weighted by Gasteiger charge is 2.19. The number of benzene rings is 2.